The number of carbonyl (C=O) groups is 1. The van der Waals surface area contributed by atoms with Gasteiger partial charge in [0.15, 0.2) is 0 Å². The second-order valence-electron chi connectivity index (χ2n) is 6.87. The van der Waals surface area contributed by atoms with Gasteiger partial charge in [0.25, 0.3) is 0 Å². The molecule has 0 radical (unpaired) electrons. The Balaban J connectivity index is 1.87. The van der Waals surface area contributed by atoms with Gasteiger partial charge in [-0.1, -0.05) is 31.9 Å². The molecule has 6 nitrogen and oxygen atoms in total. The molecule has 1 saturated heterocycles. The number of likely N-dealkylation sites (tertiary alicyclic amines) is 1. The van der Waals surface area contributed by atoms with Gasteiger partial charge in [0.1, 0.15) is 11.9 Å². The van der Waals surface area contributed by atoms with Crippen LogP contribution in [-0.4, -0.2) is 56.6 Å². The van der Waals surface area contributed by atoms with Crippen LogP contribution in [0.2, 0.25) is 0 Å². The molecule has 1 heterocycles. The average Bonchev–Trinajstić information content (AvgIpc) is 3.17. The highest BCUT2D eigenvalue weighted by Gasteiger charge is 2.21. The molecular formula is C21H34N2O4. The third-order valence-electron chi connectivity index (χ3n) is 4.57. The van der Waals surface area contributed by atoms with Crippen LogP contribution in [0.5, 0.6) is 5.75 Å². The monoisotopic (exact) mass is 378 g/mol. The van der Waals surface area contributed by atoms with Gasteiger partial charge in [-0.2, -0.15) is 0 Å². The minimum absolute atomic E-state index is 0.277. The largest absolute Gasteiger partial charge is 0.491 e. The van der Waals surface area contributed by atoms with Crippen molar-refractivity contribution in [2.75, 3.05) is 44.8 Å². The van der Waals surface area contributed by atoms with E-state index in [1.807, 2.05) is 31.2 Å². The van der Waals surface area contributed by atoms with Crippen LogP contribution < -0.4 is 10.1 Å². The fourth-order valence-corrected chi connectivity index (χ4v) is 3.15. The Hall–Kier alpha value is -1.79. The number of nitrogens with zero attached hydrogens (tertiary/aromatic N) is 1. The first-order valence-corrected chi connectivity index (χ1v) is 10.2. The first kappa shape index (κ1) is 21.5. The molecule has 2 rings (SSSR count). The van der Waals surface area contributed by atoms with Crippen LogP contribution in [0.4, 0.5) is 10.5 Å². The Labute approximate surface area is 163 Å². The number of amides is 1. The first-order chi connectivity index (χ1) is 13.2. The normalized spacial score (nSPS) is 15.5. The number of nitrogens with one attached hydrogen (secondary N) is 1. The Morgan fingerprint density at radius 3 is 2.70 bits per heavy atom. The van der Waals surface area contributed by atoms with Crippen molar-refractivity contribution in [2.45, 2.75) is 52.1 Å². The number of hydrogen-bond acceptors (Lipinski definition) is 5. The highest BCUT2D eigenvalue weighted by molar-refractivity contribution is 5.86. The third kappa shape index (κ3) is 8.18. The van der Waals surface area contributed by atoms with E-state index in [4.69, 9.17) is 14.2 Å². The van der Waals surface area contributed by atoms with Crippen LogP contribution in [0.15, 0.2) is 24.3 Å². The van der Waals surface area contributed by atoms with Crippen molar-refractivity contribution in [3.63, 3.8) is 0 Å². The van der Waals surface area contributed by atoms with Crippen molar-refractivity contribution >= 4 is 11.8 Å². The molecule has 1 unspecified atom stereocenters. The number of rotatable bonds is 12. The topological polar surface area (TPSA) is 60.0 Å². The summed E-state index contributed by atoms with van der Waals surface area (Å²) in [7, 11) is 0. The van der Waals surface area contributed by atoms with E-state index in [2.05, 4.69) is 17.1 Å². The summed E-state index contributed by atoms with van der Waals surface area (Å²) in [5.74, 6) is 0.673. The van der Waals surface area contributed by atoms with E-state index in [1.54, 1.807) is 0 Å². The van der Waals surface area contributed by atoms with E-state index in [9.17, 15) is 4.79 Å². The molecule has 152 valence electrons. The lowest BCUT2D eigenvalue weighted by molar-refractivity contribution is 0.0144. The summed E-state index contributed by atoms with van der Waals surface area (Å²) in [6.07, 6.45) is 4.94. The van der Waals surface area contributed by atoms with Gasteiger partial charge < -0.3 is 14.2 Å². The van der Waals surface area contributed by atoms with Crippen LogP contribution in [0.1, 0.15) is 46.0 Å². The Kier molecular flexibility index (Phi) is 10.0. The lowest BCUT2D eigenvalue weighted by Crippen LogP contribution is -2.37. The molecule has 0 spiro atoms. The zero-order valence-corrected chi connectivity index (χ0v) is 16.7. The summed E-state index contributed by atoms with van der Waals surface area (Å²) < 4.78 is 17.0. The molecule has 1 fully saturated rings. The SMILES string of the molecule is CCCCCOc1ccccc1NC(=O)OC(COCC)CN1CCCC1. The molecule has 0 aromatic heterocycles. The molecule has 1 amide bonds. The second-order valence-corrected chi connectivity index (χ2v) is 6.87. The van der Waals surface area contributed by atoms with Gasteiger partial charge in [0.2, 0.25) is 0 Å². The highest BCUT2D eigenvalue weighted by Crippen LogP contribution is 2.24. The number of benzene rings is 1. The molecule has 1 N–H and O–H groups in total. The van der Waals surface area contributed by atoms with Crippen molar-refractivity contribution in [3.05, 3.63) is 24.3 Å². The number of hydrogen-bond donors (Lipinski definition) is 1. The number of para-hydroxylation sites is 2. The summed E-state index contributed by atoms with van der Waals surface area (Å²) in [4.78, 5) is 14.7. The van der Waals surface area contributed by atoms with Crippen LogP contribution in [0.3, 0.4) is 0 Å². The van der Waals surface area contributed by atoms with Crippen molar-refractivity contribution in [3.8, 4) is 5.75 Å². The van der Waals surface area contributed by atoms with Gasteiger partial charge in [-0.15, -0.1) is 0 Å². The zero-order valence-electron chi connectivity index (χ0n) is 16.7. The van der Waals surface area contributed by atoms with Crippen molar-refractivity contribution in [1.82, 2.24) is 4.90 Å². The number of unbranched alkanes of at least 4 members (excludes halogenated alkanes) is 2. The lowest BCUT2D eigenvalue weighted by atomic mass is 10.2. The van der Waals surface area contributed by atoms with Gasteiger partial charge >= 0.3 is 6.09 Å². The van der Waals surface area contributed by atoms with Crippen LogP contribution in [0, 0.1) is 0 Å². The molecular weight excluding hydrogens is 344 g/mol. The number of ether oxygens (including phenoxy) is 3. The standard InChI is InChI=1S/C21H34N2O4/c1-3-5-10-15-26-20-12-7-6-11-19(20)22-21(24)27-18(17-25-4-2)16-23-13-8-9-14-23/h6-7,11-12,18H,3-5,8-10,13-17H2,1-2H3,(H,22,24). The number of anilines is 1. The van der Waals surface area contributed by atoms with E-state index < -0.39 is 6.09 Å². The molecule has 1 aromatic rings. The van der Waals surface area contributed by atoms with Crippen molar-refractivity contribution in [1.29, 1.82) is 0 Å². The predicted molar refractivity (Wildman–Crippen MR) is 108 cm³/mol. The van der Waals surface area contributed by atoms with Gasteiger partial charge in [-0.3, -0.25) is 10.2 Å². The molecule has 0 aliphatic carbocycles. The second kappa shape index (κ2) is 12.6. The van der Waals surface area contributed by atoms with E-state index in [0.717, 1.165) is 32.4 Å². The minimum atomic E-state index is -0.469. The maximum atomic E-state index is 12.4. The molecule has 1 aliphatic rings. The third-order valence-corrected chi connectivity index (χ3v) is 4.57. The highest BCUT2D eigenvalue weighted by atomic mass is 16.6. The quantitative estimate of drug-likeness (QED) is 0.549. The molecule has 1 aromatic carbocycles. The summed E-state index contributed by atoms with van der Waals surface area (Å²) in [6, 6.07) is 7.46. The van der Waals surface area contributed by atoms with E-state index in [0.29, 0.717) is 37.8 Å². The molecule has 6 heteroatoms. The van der Waals surface area contributed by atoms with E-state index >= 15 is 0 Å². The van der Waals surface area contributed by atoms with Gasteiger partial charge in [0.05, 0.1) is 18.9 Å². The average molecular weight is 379 g/mol. The van der Waals surface area contributed by atoms with Gasteiger partial charge in [-0.05, 0) is 51.4 Å². The fraction of sp³-hybridized carbons (Fsp3) is 0.667. The lowest BCUT2D eigenvalue weighted by Gasteiger charge is -2.23. The summed E-state index contributed by atoms with van der Waals surface area (Å²) in [5.41, 5.74) is 0.635. The Morgan fingerprint density at radius 2 is 1.96 bits per heavy atom. The Morgan fingerprint density at radius 1 is 1.19 bits per heavy atom. The molecule has 1 atom stereocenters. The maximum absolute atomic E-state index is 12.4. The minimum Gasteiger partial charge on any atom is -0.491 e. The maximum Gasteiger partial charge on any atom is 0.412 e. The van der Waals surface area contributed by atoms with Gasteiger partial charge in [-0.25, -0.2) is 4.79 Å². The summed E-state index contributed by atoms with van der Waals surface area (Å²) in [5, 5.41) is 2.82. The van der Waals surface area contributed by atoms with Gasteiger partial charge in [0, 0.05) is 13.2 Å². The van der Waals surface area contributed by atoms with E-state index in [-0.39, 0.29) is 6.10 Å². The molecule has 27 heavy (non-hydrogen) atoms. The summed E-state index contributed by atoms with van der Waals surface area (Å²) in [6.45, 7) is 8.59. The number of carbonyl (C=O) groups excluding carboxylic acids is 1. The zero-order chi connectivity index (χ0) is 19.3. The van der Waals surface area contributed by atoms with Crippen molar-refractivity contribution < 1.29 is 19.0 Å². The van der Waals surface area contributed by atoms with Crippen molar-refractivity contribution in [2.24, 2.45) is 0 Å². The molecule has 0 saturated carbocycles. The van der Waals surface area contributed by atoms with E-state index in [1.165, 1.54) is 12.8 Å². The summed E-state index contributed by atoms with van der Waals surface area (Å²) >= 11 is 0. The van der Waals surface area contributed by atoms with Crippen LogP contribution in [0.25, 0.3) is 0 Å². The first-order valence-electron chi connectivity index (χ1n) is 10.2. The molecule has 1 aliphatic heterocycles. The van der Waals surface area contributed by atoms with Crippen LogP contribution >= 0.6 is 0 Å². The Bertz CT molecular complexity index is 547. The molecule has 0 bridgehead atoms. The van der Waals surface area contributed by atoms with Crippen LogP contribution in [-0.2, 0) is 9.47 Å². The predicted octanol–water partition coefficient (Wildman–Crippen LogP) is 4.31. The fourth-order valence-electron chi connectivity index (χ4n) is 3.15. The smallest absolute Gasteiger partial charge is 0.412 e.